The second-order valence-electron chi connectivity index (χ2n) is 9.18. The van der Waals surface area contributed by atoms with Crippen LogP contribution < -0.4 is 5.32 Å². The van der Waals surface area contributed by atoms with E-state index in [1.807, 2.05) is 60.2 Å². The van der Waals surface area contributed by atoms with Gasteiger partial charge in [0.1, 0.15) is 0 Å². The average molecular weight is 575 g/mol. The lowest BCUT2D eigenvalue weighted by Crippen LogP contribution is -2.30. The van der Waals surface area contributed by atoms with Gasteiger partial charge in [-0.25, -0.2) is 8.42 Å². The average Bonchev–Trinajstić information content (AvgIpc) is 3.57. The number of H-pyrrole nitrogens is 1. The van der Waals surface area contributed by atoms with Crippen LogP contribution in [0.15, 0.2) is 89.0 Å². The summed E-state index contributed by atoms with van der Waals surface area (Å²) < 4.78 is 28.8. The van der Waals surface area contributed by atoms with Gasteiger partial charge in [-0.3, -0.25) is 9.36 Å². The van der Waals surface area contributed by atoms with Gasteiger partial charge >= 0.3 is 0 Å². The van der Waals surface area contributed by atoms with Gasteiger partial charge < -0.3 is 10.3 Å². The van der Waals surface area contributed by atoms with Crippen LogP contribution >= 0.6 is 11.8 Å². The maximum absolute atomic E-state index is 12.9. The van der Waals surface area contributed by atoms with Crippen molar-refractivity contribution in [2.75, 3.05) is 24.2 Å². The van der Waals surface area contributed by atoms with Crippen molar-refractivity contribution in [2.45, 2.75) is 30.8 Å². The topological polar surface area (TPSA) is 113 Å². The number of anilines is 1. The summed E-state index contributed by atoms with van der Waals surface area (Å²) >= 11 is 1.28. The molecule has 3 aromatic carbocycles. The maximum Gasteiger partial charge on any atom is 0.243 e. The van der Waals surface area contributed by atoms with Crippen molar-refractivity contribution in [2.24, 2.45) is 0 Å². The SMILES string of the molecule is CCN(CC)S(=O)(=O)c1ccc(NC(=O)CSc2nnc(-c3c[nH]c4ccccc34)n2-c2cccc(C)c2)cc1. The number of hydrogen-bond donors (Lipinski definition) is 2. The Labute approximate surface area is 237 Å². The van der Waals surface area contributed by atoms with E-state index in [1.165, 1.54) is 28.2 Å². The molecule has 0 atom stereocenters. The van der Waals surface area contributed by atoms with Crippen LogP contribution in [0.4, 0.5) is 5.69 Å². The Morgan fingerprint density at radius 2 is 1.75 bits per heavy atom. The van der Waals surface area contributed by atoms with E-state index in [-0.39, 0.29) is 16.6 Å². The molecule has 206 valence electrons. The van der Waals surface area contributed by atoms with Gasteiger partial charge in [-0.05, 0) is 55.0 Å². The largest absolute Gasteiger partial charge is 0.360 e. The molecule has 0 aliphatic heterocycles. The van der Waals surface area contributed by atoms with Crippen LogP contribution in [0.2, 0.25) is 0 Å². The number of benzene rings is 3. The Morgan fingerprint density at radius 1 is 1.00 bits per heavy atom. The fourth-order valence-electron chi connectivity index (χ4n) is 4.54. The number of sulfonamides is 1. The molecule has 0 saturated heterocycles. The second-order valence-corrected chi connectivity index (χ2v) is 12.1. The van der Waals surface area contributed by atoms with Crippen LogP contribution in [0.5, 0.6) is 0 Å². The molecule has 5 rings (SSSR count). The van der Waals surface area contributed by atoms with E-state index < -0.39 is 10.0 Å². The predicted octanol–water partition coefficient (Wildman–Crippen LogP) is 5.49. The van der Waals surface area contributed by atoms with Crippen LogP contribution in [-0.2, 0) is 14.8 Å². The third kappa shape index (κ3) is 5.53. The number of fused-ring (bicyclic) bond motifs is 1. The van der Waals surface area contributed by atoms with Crippen molar-refractivity contribution in [1.82, 2.24) is 24.1 Å². The highest BCUT2D eigenvalue weighted by Crippen LogP contribution is 2.32. The first kappa shape index (κ1) is 27.6. The normalized spacial score (nSPS) is 11.8. The number of carbonyl (C=O) groups is 1. The molecule has 5 aromatic rings. The number of hydrogen-bond acceptors (Lipinski definition) is 6. The number of amides is 1. The van der Waals surface area contributed by atoms with Crippen molar-refractivity contribution in [3.05, 3.63) is 84.6 Å². The summed E-state index contributed by atoms with van der Waals surface area (Å²) in [5.74, 6) is 0.532. The fraction of sp³-hybridized carbons (Fsp3) is 0.207. The van der Waals surface area contributed by atoms with Gasteiger partial charge in [0.15, 0.2) is 11.0 Å². The number of carbonyl (C=O) groups excluding carboxylic acids is 1. The lowest BCUT2D eigenvalue weighted by atomic mass is 10.1. The summed E-state index contributed by atoms with van der Waals surface area (Å²) in [6.07, 6.45) is 1.92. The third-order valence-electron chi connectivity index (χ3n) is 6.54. The number of thioether (sulfide) groups is 1. The van der Waals surface area contributed by atoms with Crippen LogP contribution in [-0.4, -0.2) is 57.2 Å². The Balaban J connectivity index is 1.36. The molecule has 0 spiro atoms. The number of para-hydroxylation sites is 1. The molecule has 0 aliphatic carbocycles. The molecule has 0 unspecified atom stereocenters. The fourth-order valence-corrected chi connectivity index (χ4v) is 6.75. The molecule has 11 heteroatoms. The lowest BCUT2D eigenvalue weighted by Gasteiger charge is -2.18. The van der Waals surface area contributed by atoms with Crippen molar-refractivity contribution >= 4 is 44.3 Å². The zero-order valence-electron chi connectivity index (χ0n) is 22.5. The molecule has 2 heterocycles. The van der Waals surface area contributed by atoms with E-state index >= 15 is 0 Å². The number of aromatic amines is 1. The summed E-state index contributed by atoms with van der Waals surface area (Å²) in [6, 6.07) is 22.3. The number of aryl methyl sites for hydroxylation is 1. The summed E-state index contributed by atoms with van der Waals surface area (Å²) in [7, 11) is -3.56. The molecule has 0 bridgehead atoms. The first-order valence-electron chi connectivity index (χ1n) is 12.9. The molecular formula is C29H30N6O3S2. The minimum Gasteiger partial charge on any atom is -0.360 e. The number of nitrogens with zero attached hydrogens (tertiary/aromatic N) is 4. The highest BCUT2D eigenvalue weighted by atomic mass is 32.2. The quantitative estimate of drug-likeness (QED) is 0.214. The van der Waals surface area contributed by atoms with Gasteiger partial charge in [0.05, 0.1) is 10.6 Å². The molecule has 1 amide bonds. The van der Waals surface area contributed by atoms with Gasteiger partial charge in [0.25, 0.3) is 0 Å². The first-order chi connectivity index (χ1) is 19.3. The first-order valence-corrected chi connectivity index (χ1v) is 15.4. The zero-order valence-corrected chi connectivity index (χ0v) is 24.1. The van der Waals surface area contributed by atoms with Gasteiger partial charge in [0, 0.05) is 47.1 Å². The molecular weight excluding hydrogens is 544 g/mol. The smallest absolute Gasteiger partial charge is 0.243 e. The van der Waals surface area contributed by atoms with Crippen molar-refractivity contribution in [3.63, 3.8) is 0 Å². The van der Waals surface area contributed by atoms with E-state index in [2.05, 4.69) is 26.6 Å². The van der Waals surface area contributed by atoms with Gasteiger partial charge in [-0.1, -0.05) is 55.9 Å². The van der Waals surface area contributed by atoms with Crippen molar-refractivity contribution in [1.29, 1.82) is 0 Å². The molecule has 0 fully saturated rings. The number of rotatable bonds is 10. The van der Waals surface area contributed by atoms with E-state index in [9.17, 15) is 13.2 Å². The van der Waals surface area contributed by atoms with Gasteiger partial charge in [-0.2, -0.15) is 4.31 Å². The molecule has 0 radical (unpaired) electrons. The highest BCUT2D eigenvalue weighted by Gasteiger charge is 2.22. The Hall–Kier alpha value is -3.93. The number of aromatic nitrogens is 4. The minimum absolute atomic E-state index is 0.0946. The summed E-state index contributed by atoms with van der Waals surface area (Å²) in [5, 5.41) is 13.4. The predicted molar refractivity (Wildman–Crippen MR) is 159 cm³/mol. The highest BCUT2D eigenvalue weighted by molar-refractivity contribution is 7.99. The van der Waals surface area contributed by atoms with Crippen molar-refractivity contribution < 1.29 is 13.2 Å². The molecule has 0 aliphatic rings. The van der Waals surface area contributed by atoms with Crippen LogP contribution in [0, 0.1) is 6.92 Å². The van der Waals surface area contributed by atoms with Crippen LogP contribution in [0.3, 0.4) is 0 Å². The van der Waals surface area contributed by atoms with Gasteiger partial charge in [-0.15, -0.1) is 10.2 Å². The maximum atomic E-state index is 12.9. The monoisotopic (exact) mass is 574 g/mol. The lowest BCUT2D eigenvalue weighted by molar-refractivity contribution is -0.113. The van der Waals surface area contributed by atoms with Crippen LogP contribution in [0.25, 0.3) is 28.0 Å². The van der Waals surface area contributed by atoms with E-state index in [4.69, 9.17) is 0 Å². The van der Waals surface area contributed by atoms with Crippen LogP contribution in [0.1, 0.15) is 19.4 Å². The van der Waals surface area contributed by atoms with E-state index in [1.54, 1.807) is 26.0 Å². The Kier molecular flexibility index (Phi) is 8.06. The molecule has 0 saturated carbocycles. The van der Waals surface area contributed by atoms with E-state index in [0.29, 0.717) is 29.8 Å². The Bertz CT molecular complexity index is 1760. The summed E-state index contributed by atoms with van der Waals surface area (Å²) in [4.78, 5) is 16.4. The summed E-state index contributed by atoms with van der Waals surface area (Å²) in [6.45, 7) is 6.42. The van der Waals surface area contributed by atoms with E-state index in [0.717, 1.165) is 27.7 Å². The molecule has 2 aromatic heterocycles. The second kappa shape index (κ2) is 11.7. The Morgan fingerprint density at radius 3 is 2.48 bits per heavy atom. The summed E-state index contributed by atoms with van der Waals surface area (Å²) in [5.41, 5.74) is 4.43. The third-order valence-corrected chi connectivity index (χ3v) is 9.53. The standard InChI is InChI=1S/C29H30N6O3S2/c1-4-34(5-2)40(37,38)23-15-13-21(14-16-23)31-27(36)19-39-29-33-32-28(35(29)22-10-8-9-20(3)17-22)25-18-30-26-12-7-6-11-24(25)26/h6-18,30H,4-5,19H2,1-3H3,(H,31,36). The number of nitrogens with one attached hydrogen (secondary N) is 2. The molecule has 9 nitrogen and oxygen atoms in total. The van der Waals surface area contributed by atoms with Crippen molar-refractivity contribution in [3.8, 4) is 17.1 Å². The van der Waals surface area contributed by atoms with Gasteiger partial charge in [0.2, 0.25) is 15.9 Å². The molecule has 2 N–H and O–H groups in total. The molecule has 40 heavy (non-hydrogen) atoms. The zero-order chi connectivity index (χ0) is 28.3. The minimum atomic E-state index is -3.56.